The van der Waals surface area contributed by atoms with Crippen molar-refractivity contribution in [2.75, 3.05) is 5.75 Å². The van der Waals surface area contributed by atoms with Crippen LogP contribution in [0.2, 0.25) is 0 Å². The number of rotatable bonds is 6. The second-order valence-electron chi connectivity index (χ2n) is 5.49. The molecule has 2 rings (SSSR count). The van der Waals surface area contributed by atoms with Gasteiger partial charge in [0.15, 0.2) is 9.84 Å². The lowest BCUT2D eigenvalue weighted by atomic mass is 10.1. The molecule has 0 unspecified atom stereocenters. The number of carboxylic acids is 1. The van der Waals surface area contributed by atoms with Crippen molar-refractivity contribution >= 4 is 21.7 Å². The van der Waals surface area contributed by atoms with Gasteiger partial charge in [-0.3, -0.25) is 4.79 Å². The van der Waals surface area contributed by atoms with Crippen LogP contribution >= 0.6 is 0 Å². The largest absolute Gasteiger partial charge is 0.478 e. The number of hydrogen-bond donors (Lipinski definition) is 2. The molecule has 1 aromatic rings. The average molecular weight is 325 g/mol. The van der Waals surface area contributed by atoms with Crippen LogP contribution in [0, 0.1) is 0 Å². The molecule has 0 atom stereocenters. The van der Waals surface area contributed by atoms with Gasteiger partial charge in [-0.1, -0.05) is 25.0 Å². The summed E-state index contributed by atoms with van der Waals surface area (Å²) in [6.07, 6.45) is 3.10. The van der Waals surface area contributed by atoms with E-state index in [0.717, 1.165) is 18.4 Å². The molecule has 2 N–H and O–H groups in total. The van der Waals surface area contributed by atoms with Crippen LogP contribution in [0.5, 0.6) is 0 Å². The topological polar surface area (TPSA) is 101 Å². The maximum atomic E-state index is 12.0. The smallest absolute Gasteiger partial charge is 0.335 e. The third-order valence-electron chi connectivity index (χ3n) is 3.83. The fraction of sp³-hybridized carbons (Fsp3) is 0.467. The van der Waals surface area contributed by atoms with Gasteiger partial charge in [0.25, 0.3) is 0 Å². The molecule has 0 heterocycles. The van der Waals surface area contributed by atoms with Crippen molar-refractivity contribution < 1.29 is 23.1 Å². The fourth-order valence-corrected chi connectivity index (χ4v) is 4.32. The molecule has 0 aliphatic heterocycles. The van der Waals surface area contributed by atoms with E-state index >= 15 is 0 Å². The number of amides is 1. The Bertz CT molecular complexity index is 645. The van der Waals surface area contributed by atoms with Crippen molar-refractivity contribution in [2.24, 2.45) is 0 Å². The molecule has 0 bridgehead atoms. The van der Waals surface area contributed by atoms with Gasteiger partial charge in [-0.2, -0.15) is 0 Å². The summed E-state index contributed by atoms with van der Waals surface area (Å²) in [5.41, 5.74) is 0.885. The van der Waals surface area contributed by atoms with E-state index in [1.807, 2.05) is 0 Å². The van der Waals surface area contributed by atoms with E-state index in [1.54, 1.807) is 12.1 Å². The monoisotopic (exact) mass is 325 g/mol. The summed E-state index contributed by atoms with van der Waals surface area (Å²) < 4.78 is 24.1. The number of sulfone groups is 1. The minimum atomic E-state index is -3.37. The molecule has 120 valence electrons. The summed E-state index contributed by atoms with van der Waals surface area (Å²) >= 11 is 0. The van der Waals surface area contributed by atoms with Gasteiger partial charge in [0, 0.05) is 6.54 Å². The van der Waals surface area contributed by atoms with Gasteiger partial charge in [0.2, 0.25) is 5.91 Å². The van der Waals surface area contributed by atoms with Gasteiger partial charge in [0.05, 0.1) is 10.8 Å². The van der Waals surface area contributed by atoms with Gasteiger partial charge in [-0.15, -0.1) is 0 Å². The maximum absolute atomic E-state index is 12.0. The van der Waals surface area contributed by atoms with E-state index in [1.165, 1.54) is 12.1 Å². The van der Waals surface area contributed by atoms with Crippen molar-refractivity contribution in [1.29, 1.82) is 0 Å². The second-order valence-corrected chi connectivity index (χ2v) is 7.77. The summed E-state index contributed by atoms with van der Waals surface area (Å²) in [6.45, 7) is 0.179. The quantitative estimate of drug-likeness (QED) is 0.822. The molecule has 1 aliphatic rings. The van der Waals surface area contributed by atoms with Crippen LogP contribution in [0.4, 0.5) is 0 Å². The summed E-state index contributed by atoms with van der Waals surface area (Å²) in [4.78, 5) is 22.5. The lowest BCUT2D eigenvalue weighted by Gasteiger charge is -2.11. The Labute approximate surface area is 129 Å². The van der Waals surface area contributed by atoms with Gasteiger partial charge < -0.3 is 10.4 Å². The predicted molar refractivity (Wildman–Crippen MR) is 81.3 cm³/mol. The van der Waals surface area contributed by atoms with Gasteiger partial charge >= 0.3 is 5.97 Å². The highest BCUT2D eigenvalue weighted by atomic mass is 32.2. The Morgan fingerprint density at radius 1 is 1.14 bits per heavy atom. The molecule has 6 nitrogen and oxygen atoms in total. The minimum absolute atomic E-state index is 0.166. The van der Waals surface area contributed by atoms with Crippen LogP contribution in [-0.2, 0) is 21.2 Å². The van der Waals surface area contributed by atoms with Crippen LogP contribution in [0.1, 0.15) is 41.6 Å². The summed E-state index contributed by atoms with van der Waals surface area (Å²) in [5, 5.41) is 11.0. The third kappa shape index (κ3) is 4.30. The Kier molecular flexibility index (Phi) is 5.18. The van der Waals surface area contributed by atoms with Crippen LogP contribution in [0.3, 0.4) is 0 Å². The highest BCUT2D eigenvalue weighted by molar-refractivity contribution is 7.92. The highest BCUT2D eigenvalue weighted by Gasteiger charge is 2.30. The molecule has 1 amide bonds. The number of nitrogens with one attached hydrogen (secondary N) is 1. The van der Waals surface area contributed by atoms with Crippen molar-refractivity contribution in [2.45, 2.75) is 37.5 Å². The lowest BCUT2D eigenvalue weighted by molar-refractivity contribution is -0.118. The average Bonchev–Trinajstić information content (AvgIpc) is 3.00. The molecule has 1 fully saturated rings. The standard InChI is InChI=1S/C15H19NO5S/c17-14(10-22(20,21)13-3-1-2-4-13)16-9-11-5-7-12(8-6-11)15(18)19/h5-8,13H,1-4,9-10H2,(H,16,17)(H,18,19). The number of carbonyl (C=O) groups excluding carboxylic acids is 1. The van der Waals surface area contributed by atoms with Gasteiger partial charge in [0.1, 0.15) is 5.75 Å². The molecule has 22 heavy (non-hydrogen) atoms. The Morgan fingerprint density at radius 3 is 2.27 bits per heavy atom. The van der Waals surface area contributed by atoms with Gasteiger partial charge in [-0.25, -0.2) is 13.2 Å². The Balaban J connectivity index is 1.86. The molecule has 7 heteroatoms. The van der Waals surface area contributed by atoms with Gasteiger partial charge in [-0.05, 0) is 30.5 Å². The summed E-state index contributed by atoms with van der Waals surface area (Å²) in [5.74, 6) is -2.02. The number of carbonyl (C=O) groups is 2. The first-order valence-corrected chi connectivity index (χ1v) is 8.90. The Morgan fingerprint density at radius 2 is 1.73 bits per heavy atom. The molecule has 0 spiro atoms. The third-order valence-corrected chi connectivity index (χ3v) is 5.98. The number of aromatic carboxylic acids is 1. The van der Waals surface area contributed by atoms with E-state index in [9.17, 15) is 18.0 Å². The maximum Gasteiger partial charge on any atom is 0.335 e. The van der Waals surface area contributed by atoms with Crippen molar-refractivity contribution in [3.05, 3.63) is 35.4 Å². The summed E-state index contributed by atoms with van der Waals surface area (Å²) in [6, 6.07) is 6.07. The molecular formula is C15H19NO5S. The fourth-order valence-electron chi connectivity index (χ4n) is 2.56. The highest BCUT2D eigenvalue weighted by Crippen LogP contribution is 2.25. The molecule has 0 radical (unpaired) electrons. The van der Waals surface area contributed by atoms with Crippen LogP contribution in [-0.4, -0.2) is 36.4 Å². The Hall–Kier alpha value is -1.89. The zero-order chi connectivity index (χ0) is 16.2. The molecule has 1 aromatic carbocycles. The van der Waals surface area contributed by atoms with Crippen molar-refractivity contribution in [1.82, 2.24) is 5.32 Å². The van der Waals surface area contributed by atoms with Crippen molar-refractivity contribution in [3.63, 3.8) is 0 Å². The first-order valence-electron chi connectivity index (χ1n) is 7.19. The number of hydrogen-bond acceptors (Lipinski definition) is 4. The van der Waals surface area contributed by atoms with E-state index in [2.05, 4.69) is 5.32 Å². The molecular weight excluding hydrogens is 306 g/mol. The molecule has 1 saturated carbocycles. The molecule has 0 saturated heterocycles. The zero-order valence-corrected chi connectivity index (χ0v) is 12.9. The number of carboxylic acid groups (broad SMARTS) is 1. The first kappa shape index (κ1) is 16.5. The van der Waals surface area contributed by atoms with E-state index in [4.69, 9.17) is 5.11 Å². The molecule has 1 aliphatic carbocycles. The van der Waals surface area contributed by atoms with Crippen LogP contribution in [0.25, 0.3) is 0 Å². The van der Waals surface area contributed by atoms with Crippen molar-refractivity contribution in [3.8, 4) is 0 Å². The second kappa shape index (κ2) is 6.91. The predicted octanol–water partition coefficient (Wildman–Crippen LogP) is 1.36. The summed E-state index contributed by atoms with van der Waals surface area (Å²) in [7, 11) is -3.37. The van der Waals surface area contributed by atoms with E-state index in [-0.39, 0.29) is 17.4 Å². The van der Waals surface area contributed by atoms with Crippen LogP contribution < -0.4 is 5.32 Å². The SMILES string of the molecule is O=C(CS(=O)(=O)C1CCCC1)NCc1ccc(C(=O)O)cc1. The van der Waals surface area contributed by atoms with E-state index < -0.39 is 27.5 Å². The lowest BCUT2D eigenvalue weighted by Crippen LogP contribution is -2.33. The van der Waals surface area contributed by atoms with Crippen LogP contribution in [0.15, 0.2) is 24.3 Å². The first-order chi connectivity index (χ1) is 10.4. The zero-order valence-electron chi connectivity index (χ0n) is 12.1. The van der Waals surface area contributed by atoms with E-state index in [0.29, 0.717) is 12.8 Å². The normalized spacial score (nSPS) is 15.6. The minimum Gasteiger partial charge on any atom is -0.478 e. The molecule has 0 aromatic heterocycles. The number of benzene rings is 1.